The molecule has 9 nitrogen and oxygen atoms in total. The maximum Gasteiger partial charge on any atom is 0.331 e. The Morgan fingerprint density at radius 3 is 2.66 bits per heavy atom. The molecule has 7 rings (SSSR count). The van der Waals surface area contributed by atoms with Gasteiger partial charge in [-0.25, -0.2) is 4.79 Å². The van der Waals surface area contributed by atoms with E-state index in [-0.39, 0.29) is 47.6 Å². The third-order valence-electron chi connectivity index (χ3n) is 11.6. The number of carbonyl (C=O) groups excluding carboxylic acids is 2. The molecule has 0 spiro atoms. The van der Waals surface area contributed by atoms with E-state index in [2.05, 4.69) is 13.0 Å². The summed E-state index contributed by atoms with van der Waals surface area (Å²) in [5.74, 6) is -2.30. The number of ketones is 1. The first-order valence-electron chi connectivity index (χ1n) is 14.1. The Kier molecular flexibility index (Phi) is 5.48. The Balaban J connectivity index is 1.21. The zero-order chi connectivity index (χ0) is 26.7. The van der Waals surface area contributed by atoms with Gasteiger partial charge in [0.05, 0.1) is 23.7 Å². The van der Waals surface area contributed by atoms with Crippen molar-refractivity contribution in [3.8, 4) is 0 Å². The molecule has 5 fully saturated rings. The van der Waals surface area contributed by atoms with Gasteiger partial charge in [0.15, 0.2) is 0 Å². The maximum absolute atomic E-state index is 14.1. The number of fused-ring (bicyclic) bond motifs is 7. The number of Topliss-reactive ketones (excluding diaryl/α,β-unsaturated/α-hetero) is 1. The zero-order valence-electron chi connectivity index (χ0n) is 22.3. The number of ether oxygens (including phenoxy) is 5. The monoisotopic (exact) mass is 530 g/mol. The Hall–Kier alpha value is -1.62. The van der Waals surface area contributed by atoms with Crippen molar-refractivity contribution in [3.05, 3.63) is 23.3 Å². The van der Waals surface area contributed by atoms with Crippen molar-refractivity contribution in [3.63, 3.8) is 0 Å². The van der Waals surface area contributed by atoms with Gasteiger partial charge in [0.25, 0.3) is 0 Å². The van der Waals surface area contributed by atoms with E-state index in [0.29, 0.717) is 38.7 Å². The molecule has 2 saturated heterocycles. The molecule has 38 heavy (non-hydrogen) atoms. The summed E-state index contributed by atoms with van der Waals surface area (Å²) >= 11 is 0. The number of aliphatic hydroxyl groups is 2. The SMILES string of the molecule is COC1CCOC2OC3C=C4CCC5C(CC(=O)C6(C)C(C7=CC(=O)OC7)CCC56O)C4(C)CC3OC12O. The fourth-order valence-corrected chi connectivity index (χ4v) is 9.53. The van der Waals surface area contributed by atoms with Crippen LogP contribution in [0.15, 0.2) is 23.3 Å². The molecule has 208 valence electrons. The van der Waals surface area contributed by atoms with Crippen LogP contribution in [0.4, 0.5) is 0 Å². The molecule has 3 heterocycles. The second-order valence-electron chi connectivity index (χ2n) is 13.0. The van der Waals surface area contributed by atoms with E-state index in [9.17, 15) is 19.8 Å². The Labute approximate surface area is 222 Å². The number of carbonyl (C=O) groups is 2. The van der Waals surface area contributed by atoms with E-state index in [1.165, 1.54) is 11.6 Å². The number of hydrogen-bond donors (Lipinski definition) is 2. The molecule has 9 heteroatoms. The smallest absolute Gasteiger partial charge is 0.331 e. The largest absolute Gasteiger partial charge is 0.458 e. The maximum atomic E-state index is 14.1. The molecule has 0 radical (unpaired) electrons. The molecule has 0 aromatic heterocycles. The average molecular weight is 531 g/mol. The first-order chi connectivity index (χ1) is 18.0. The number of methoxy groups -OCH3 is 1. The summed E-state index contributed by atoms with van der Waals surface area (Å²) < 4.78 is 29.1. The van der Waals surface area contributed by atoms with Crippen molar-refractivity contribution in [1.29, 1.82) is 0 Å². The summed E-state index contributed by atoms with van der Waals surface area (Å²) in [6, 6.07) is 0. The molecular formula is C29H38O9. The topological polar surface area (TPSA) is 121 Å². The molecule has 0 bridgehead atoms. The molecule has 0 aromatic carbocycles. The minimum absolute atomic E-state index is 0.0555. The molecule has 11 atom stereocenters. The van der Waals surface area contributed by atoms with Gasteiger partial charge in [0.1, 0.15) is 24.6 Å². The van der Waals surface area contributed by atoms with Gasteiger partial charge in [0.2, 0.25) is 12.1 Å². The highest BCUT2D eigenvalue weighted by atomic mass is 16.8. The lowest BCUT2D eigenvalue weighted by molar-refractivity contribution is -0.442. The van der Waals surface area contributed by atoms with Crippen LogP contribution in [0.5, 0.6) is 0 Å². The van der Waals surface area contributed by atoms with Crippen molar-refractivity contribution >= 4 is 11.8 Å². The molecule has 4 aliphatic carbocycles. The molecule has 0 aromatic rings. The predicted molar refractivity (Wildman–Crippen MR) is 131 cm³/mol. The molecule has 11 unspecified atom stereocenters. The predicted octanol–water partition coefficient (Wildman–Crippen LogP) is 2.19. The number of cyclic esters (lactones) is 1. The van der Waals surface area contributed by atoms with Crippen molar-refractivity contribution in [2.24, 2.45) is 28.6 Å². The standard InChI is InChI=1S/C29H38O9/c1-26-13-21-20(37-25-29(33,38-21)23(34-3)7-9-35-25)11-16(26)4-5-18-19(26)12-22(30)27(2)17(6-8-28(18,27)32)15-10-24(31)36-14-15/h10-11,17-21,23,25,32-33H,4-9,12-14H2,1-3H3. The van der Waals surface area contributed by atoms with Gasteiger partial charge in [-0.05, 0) is 67.8 Å². The van der Waals surface area contributed by atoms with Crippen molar-refractivity contribution in [1.82, 2.24) is 0 Å². The number of hydrogen-bond acceptors (Lipinski definition) is 9. The third kappa shape index (κ3) is 3.09. The van der Waals surface area contributed by atoms with E-state index < -0.39 is 35.3 Å². The highest BCUT2D eigenvalue weighted by molar-refractivity contribution is 5.90. The van der Waals surface area contributed by atoms with Gasteiger partial charge < -0.3 is 33.9 Å². The Bertz CT molecular complexity index is 1130. The number of allylic oxidation sites excluding steroid dienone is 1. The van der Waals surface area contributed by atoms with E-state index in [0.717, 1.165) is 18.4 Å². The van der Waals surface area contributed by atoms with Gasteiger partial charge in [-0.1, -0.05) is 18.6 Å². The zero-order valence-corrected chi connectivity index (χ0v) is 22.3. The first-order valence-corrected chi connectivity index (χ1v) is 14.1. The molecule has 3 aliphatic heterocycles. The van der Waals surface area contributed by atoms with Crippen molar-refractivity contribution in [2.45, 2.75) is 94.8 Å². The minimum atomic E-state index is -1.70. The molecule has 3 saturated carbocycles. The second kappa shape index (κ2) is 8.21. The van der Waals surface area contributed by atoms with Gasteiger partial charge in [0, 0.05) is 26.0 Å². The van der Waals surface area contributed by atoms with E-state index in [1.807, 2.05) is 6.92 Å². The highest BCUT2D eigenvalue weighted by Gasteiger charge is 2.71. The molecule has 2 N–H and O–H groups in total. The lowest BCUT2D eigenvalue weighted by Gasteiger charge is -2.62. The Morgan fingerprint density at radius 1 is 1.11 bits per heavy atom. The minimum Gasteiger partial charge on any atom is -0.458 e. The molecule has 0 amide bonds. The third-order valence-corrected chi connectivity index (χ3v) is 11.6. The quantitative estimate of drug-likeness (QED) is 0.409. The average Bonchev–Trinajstić information content (AvgIpc) is 3.42. The van der Waals surface area contributed by atoms with Crippen LogP contribution in [0.25, 0.3) is 0 Å². The van der Waals surface area contributed by atoms with Crippen LogP contribution in [0.2, 0.25) is 0 Å². The van der Waals surface area contributed by atoms with E-state index in [1.54, 1.807) is 7.11 Å². The van der Waals surface area contributed by atoms with Crippen LogP contribution >= 0.6 is 0 Å². The van der Waals surface area contributed by atoms with Crippen LogP contribution in [-0.2, 0) is 33.3 Å². The van der Waals surface area contributed by atoms with Crippen LogP contribution in [0, 0.1) is 28.6 Å². The summed E-state index contributed by atoms with van der Waals surface area (Å²) in [6.07, 6.45) is 5.61. The number of esters is 1. The second-order valence-corrected chi connectivity index (χ2v) is 13.0. The van der Waals surface area contributed by atoms with Crippen molar-refractivity contribution < 1.29 is 43.5 Å². The highest BCUT2D eigenvalue weighted by Crippen LogP contribution is 2.68. The summed E-state index contributed by atoms with van der Waals surface area (Å²) in [7, 11) is 1.55. The normalized spacial score (nSPS) is 53.6. The fraction of sp³-hybridized carbons (Fsp3) is 0.793. The van der Waals surface area contributed by atoms with Gasteiger partial charge >= 0.3 is 5.97 Å². The summed E-state index contributed by atoms with van der Waals surface area (Å²) in [5.41, 5.74) is -0.408. The number of rotatable bonds is 2. The van der Waals surface area contributed by atoms with Crippen LogP contribution < -0.4 is 0 Å². The van der Waals surface area contributed by atoms with Crippen LogP contribution in [0.3, 0.4) is 0 Å². The Morgan fingerprint density at radius 2 is 1.92 bits per heavy atom. The first kappa shape index (κ1) is 25.4. The van der Waals surface area contributed by atoms with Gasteiger partial charge in [-0.3, -0.25) is 4.79 Å². The summed E-state index contributed by atoms with van der Waals surface area (Å²) in [6.45, 7) is 4.73. The molecule has 7 aliphatic rings. The lowest BCUT2D eigenvalue weighted by atomic mass is 9.44. The fourth-order valence-electron chi connectivity index (χ4n) is 9.53. The van der Waals surface area contributed by atoms with E-state index >= 15 is 0 Å². The van der Waals surface area contributed by atoms with Crippen molar-refractivity contribution in [2.75, 3.05) is 20.3 Å². The van der Waals surface area contributed by atoms with Gasteiger partial charge in [-0.2, -0.15) is 0 Å². The van der Waals surface area contributed by atoms with Gasteiger partial charge in [-0.15, -0.1) is 0 Å². The summed E-state index contributed by atoms with van der Waals surface area (Å²) in [4.78, 5) is 25.9. The lowest BCUT2D eigenvalue weighted by Crippen LogP contribution is -2.69. The molecular weight excluding hydrogens is 492 g/mol. The van der Waals surface area contributed by atoms with E-state index in [4.69, 9.17) is 23.7 Å². The van der Waals surface area contributed by atoms with Crippen LogP contribution in [0.1, 0.15) is 58.8 Å². The summed E-state index contributed by atoms with van der Waals surface area (Å²) in [5, 5.41) is 23.9. The van der Waals surface area contributed by atoms with Crippen LogP contribution in [-0.4, -0.2) is 78.3 Å².